The lowest BCUT2D eigenvalue weighted by atomic mass is 10.0. The lowest BCUT2D eigenvalue weighted by Crippen LogP contribution is -2.44. The number of hydrogen-bond acceptors (Lipinski definition) is 6. The molecule has 1 aliphatic rings. The van der Waals surface area contributed by atoms with E-state index in [1.807, 2.05) is 24.3 Å². The number of H-pyrrole nitrogens is 1. The van der Waals surface area contributed by atoms with Gasteiger partial charge >= 0.3 is 0 Å². The number of thiocarbonyl (C=S) groups is 1. The van der Waals surface area contributed by atoms with Crippen LogP contribution in [0.1, 0.15) is 30.4 Å². The highest BCUT2D eigenvalue weighted by Crippen LogP contribution is 2.26. The van der Waals surface area contributed by atoms with Crippen molar-refractivity contribution in [2.75, 3.05) is 26.2 Å². The Kier molecular flexibility index (Phi) is 7.22. The third-order valence-corrected chi connectivity index (χ3v) is 5.95. The summed E-state index contributed by atoms with van der Waals surface area (Å²) < 4.78 is 6.01. The molecular weight excluding hydrogens is 408 g/mol. The second-order valence-corrected chi connectivity index (χ2v) is 8.31. The van der Waals surface area contributed by atoms with Gasteiger partial charge in [0.2, 0.25) is 0 Å². The SMILES string of the molecule is Cc1ccc(C(=S)NC2CCN(CCCOc3ccccc3-c3nnn[nH]3)CC2)cc1. The van der Waals surface area contributed by atoms with Crippen molar-refractivity contribution in [1.29, 1.82) is 0 Å². The number of nitrogens with one attached hydrogen (secondary N) is 2. The van der Waals surface area contributed by atoms with Crippen LogP contribution in [0.15, 0.2) is 48.5 Å². The highest BCUT2D eigenvalue weighted by atomic mass is 32.1. The van der Waals surface area contributed by atoms with Crippen molar-refractivity contribution in [2.45, 2.75) is 32.2 Å². The fourth-order valence-electron chi connectivity index (χ4n) is 3.81. The van der Waals surface area contributed by atoms with Crippen LogP contribution in [0, 0.1) is 6.92 Å². The van der Waals surface area contributed by atoms with Gasteiger partial charge in [0.25, 0.3) is 0 Å². The smallest absolute Gasteiger partial charge is 0.183 e. The molecule has 0 unspecified atom stereocenters. The zero-order valence-electron chi connectivity index (χ0n) is 17.8. The Hall–Kier alpha value is -2.84. The first kappa shape index (κ1) is 21.4. The lowest BCUT2D eigenvalue weighted by molar-refractivity contribution is 0.189. The Labute approximate surface area is 188 Å². The zero-order valence-corrected chi connectivity index (χ0v) is 18.6. The second-order valence-electron chi connectivity index (χ2n) is 7.90. The monoisotopic (exact) mass is 436 g/mol. The van der Waals surface area contributed by atoms with E-state index in [0.29, 0.717) is 18.5 Å². The van der Waals surface area contributed by atoms with Gasteiger partial charge in [-0.25, -0.2) is 5.10 Å². The van der Waals surface area contributed by atoms with Gasteiger partial charge in [0.05, 0.1) is 12.2 Å². The van der Waals surface area contributed by atoms with Crippen molar-refractivity contribution < 1.29 is 4.74 Å². The van der Waals surface area contributed by atoms with Crippen LogP contribution in [0.5, 0.6) is 5.75 Å². The Bertz CT molecular complexity index is 968. The van der Waals surface area contributed by atoms with Gasteiger partial charge in [0.1, 0.15) is 10.7 Å². The summed E-state index contributed by atoms with van der Waals surface area (Å²) in [6, 6.07) is 16.7. The highest BCUT2D eigenvalue weighted by molar-refractivity contribution is 7.80. The van der Waals surface area contributed by atoms with Gasteiger partial charge in [-0.1, -0.05) is 54.2 Å². The zero-order chi connectivity index (χ0) is 21.5. The highest BCUT2D eigenvalue weighted by Gasteiger charge is 2.20. The van der Waals surface area contributed by atoms with E-state index in [2.05, 4.69) is 62.0 Å². The molecule has 1 aliphatic heterocycles. The normalized spacial score (nSPS) is 15.0. The van der Waals surface area contributed by atoms with Crippen LogP contribution in [0.3, 0.4) is 0 Å². The predicted molar refractivity (Wildman–Crippen MR) is 125 cm³/mol. The number of hydrogen-bond donors (Lipinski definition) is 2. The van der Waals surface area contributed by atoms with E-state index in [0.717, 1.165) is 60.8 Å². The number of ether oxygens (including phenoxy) is 1. The number of para-hydroxylation sites is 1. The molecule has 8 heteroatoms. The molecule has 2 heterocycles. The summed E-state index contributed by atoms with van der Waals surface area (Å²) in [5.41, 5.74) is 3.23. The molecule has 7 nitrogen and oxygen atoms in total. The molecule has 1 saturated heterocycles. The molecule has 0 aliphatic carbocycles. The molecular formula is C23H28N6OS. The Morgan fingerprint density at radius 1 is 1.16 bits per heavy atom. The van der Waals surface area contributed by atoms with Crippen LogP contribution >= 0.6 is 12.2 Å². The van der Waals surface area contributed by atoms with Gasteiger partial charge in [-0.3, -0.25) is 0 Å². The third-order valence-electron chi connectivity index (χ3n) is 5.60. The third kappa shape index (κ3) is 5.86. The molecule has 1 aromatic heterocycles. The van der Waals surface area contributed by atoms with E-state index >= 15 is 0 Å². The Morgan fingerprint density at radius 2 is 1.94 bits per heavy atom. The number of likely N-dealkylation sites (tertiary alicyclic amines) is 1. The molecule has 31 heavy (non-hydrogen) atoms. The van der Waals surface area contributed by atoms with Gasteiger partial charge in [0.15, 0.2) is 5.82 Å². The molecule has 0 radical (unpaired) electrons. The maximum absolute atomic E-state index is 6.01. The number of piperidine rings is 1. The van der Waals surface area contributed by atoms with Crippen LogP contribution in [-0.2, 0) is 0 Å². The van der Waals surface area contributed by atoms with Crippen LogP contribution in [0.25, 0.3) is 11.4 Å². The molecule has 0 amide bonds. The van der Waals surface area contributed by atoms with E-state index in [1.54, 1.807) is 0 Å². The average molecular weight is 437 g/mol. The van der Waals surface area contributed by atoms with Crippen molar-refractivity contribution in [2.24, 2.45) is 0 Å². The molecule has 2 N–H and O–H groups in total. The van der Waals surface area contributed by atoms with E-state index in [1.165, 1.54) is 5.56 Å². The largest absolute Gasteiger partial charge is 0.493 e. The first-order chi connectivity index (χ1) is 15.2. The van der Waals surface area contributed by atoms with Crippen LogP contribution in [0.2, 0.25) is 0 Å². The minimum Gasteiger partial charge on any atom is -0.493 e. The van der Waals surface area contributed by atoms with Crippen molar-refractivity contribution in [1.82, 2.24) is 30.8 Å². The second kappa shape index (κ2) is 10.5. The molecule has 4 rings (SSSR count). The van der Waals surface area contributed by atoms with E-state index < -0.39 is 0 Å². The van der Waals surface area contributed by atoms with Crippen molar-refractivity contribution in [3.63, 3.8) is 0 Å². The summed E-state index contributed by atoms with van der Waals surface area (Å²) in [7, 11) is 0. The molecule has 0 saturated carbocycles. The van der Waals surface area contributed by atoms with Gasteiger partial charge in [-0.05, 0) is 48.7 Å². The number of aryl methyl sites for hydroxylation is 1. The molecule has 162 valence electrons. The van der Waals surface area contributed by atoms with Crippen molar-refractivity contribution in [3.8, 4) is 17.1 Å². The number of benzene rings is 2. The van der Waals surface area contributed by atoms with E-state index in [-0.39, 0.29) is 0 Å². The maximum atomic E-state index is 6.01. The molecule has 3 aromatic rings. The number of nitrogens with zero attached hydrogens (tertiary/aromatic N) is 4. The number of aromatic amines is 1. The summed E-state index contributed by atoms with van der Waals surface area (Å²) in [6.45, 7) is 5.94. The number of aromatic nitrogens is 4. The van der Waals surface area contributed by atoms with Gasteiger partial charge in [-0.15, -0.1) is 5.10 Å². The summed E-state index contributed by atoms with van der Waals surface area (Å²) in [5.74, 6) is 1.42. The summed E-state index contributed by atoms with van der Waals surface area (Å²) >= 11 is 5.59. The lowest BCUT2D eigenvalue weighted by Gasteiger charge is -2.33. The van der Waals surface area contributed by atoms with Crippen molar-refractivity contribution >= 4 is 17.2 Å². The summed E-state index contributed by atoms with van der Waals surface area (Å²) in [5, 5.41) is 17.6. The summed E-state index contributed by atoms with van der Waals surface area (Å²) in [6.07, 6.45) is 3.19. The average Bonchev–Trinajstić information content (AvgIpc) is 3.33. The van der Waals surface area contributed by atoms with Crippen LogP contribution in [-0.4, -0.2) is 62.8 Å². The molecule has 2 aromatic carbocycles. The molecule has 0 atom stereocenters. The quantitative estimate of drug-likeness (QED) is 0.414. The first-order valence-corrected chi connectivity index (χ1v) is 11.2. The Morgan fingerprint density at radius 3 is 2.68 bits per heavy atom. The maximum Gasteiger partial charge on any atom is 0.183 e. The number of tetrazole rings is 1. The molecule has 1 fully saturated rings. The van der Waals surface area contributed by atoms with Gasteiger partial charge in [0, 0.05) is 31.2 Å². The summed E-state index contributed by atoms with van der Waals surface area (Å²) in [4.78, 5) is 3.36. The first-order valence-electron chi connectivity index (χ1n) is 10.7. The minimum atomic E-state index is 0.448. The number of rotatable bonds is 8. The molecule has 0 spiro atoms. The van der Waals surface area contributed by atoms with E-state index in [4.69, 9.17) is 17.0 Å². The van der Waals surface area contributed by atoms with Gasteiger partial charge < -0.3 is 15.0 Å². The minimum absolute atomic E-state index is 0.448. The predicted octanol–water partition coefficient (Wildman–Crippen LogP) is 3.37. The van der Waals surface area contributed by atoms with Crippen LogP contribution < -0.4 is 10.1 Å². The van der Waals surface area contributed by atoms with Crippen molar-refractivity contribution in [3.05, 3.63) is 59.7 Å². The topological polar surface area (TPSA) is 79.0 Å². The van der Waals surface area contributed by atoms with E-state index in [9.17, 15) is 0 Å². The fourth-order valence-corrected chi connectivity index (χ4v) is 4.11. The standard InChI is InChI=1S/C23H28N6OS/c1-17-7-9-18(10-8-17)23(31)24-19-11-14-29(15-12-19)13-4-16-30-21-6-3-2-5-20(21)22-25-27-28-26-22/h2-3,5-10,19H,4,11-16H2,1H3,(H,24,31)(H,25,26,27,28). The fraction of sp³-hybridized carbons (Fsp3) is 0.391. The molecule has 0 bridgehead atoms. The Balaban J connectivity index is 1.17. The van der Waals surface area contributed by atoms with Crippen LogP contribution in [0.4, 0.5) is 0 Å². The van der Waals surface area contributed by atoms with Gasteiger partial charge in [-0.2, -0.15) is 0 Å².